The van der Waals surface area contributed by atoms with Crippen LogP contribution in [-0.4, -0.2) is 30.1 Å². The molecule has 0 saturated carbocycles. The molecule has 0 aliphatic carbocycles. The van der Waals surface area contributed by atoms with Crippen molar-refractivity contribution in [2.45, 2.75) is 25.8 Å². The van der Waals surface area contributed by atoms with Crippen LogP contribution in [0.25, 0.3) is 0 Å². The van der Waals surface area contributed by atoms with E-state index in [1.807, 2.05) is 6.92 Å². The molecule has 0 spiro atoms. The fraction of sp³-hybridized carbons (Fsp3) is 0.538. The minimum atomic E-state index is -0.0988. The number of carbonyl (C=O) groups excluding carboxylic acids is 1. The molecule has 18 heavy (non-hydrogen) atoms. The van der Waals surface area contributed by atoms with Crippen LogP contribution in [0.2, 0.25) is 5.15 Å². The van der Waals surface area contributed by atoms with Gasteiger partial charge < -0.3 is 10.1 Å². The van der Waals surface area contributed by atoms with E-state index in [0.29, 0.717) is 16.6 Å². The second-order valence-electron chi connectivity index (χ2n) is 4.58. The summed E-state index contributed by atoms with van der Waals surface area (Å²) < 4.78 is 5.32. The molecule has 1 unspecified atom stereocenters. The summed E-state index contributed by atoms with van der Waals surface area (Å²) in [4.78, 5) is 15.9. The number of hydrogen-bond acceptors (Lipinski definition) is 3. The van der Waals surface area contributed by atoms with Gasteiger partial charge in [-0.05, 0) is 37.8 Å². The van der Waals surface area contributed by atoms with Crippen LogP contribution in [0.5, 0.6) is 0 Å². The number of aromatic nitrogens is 1. The maximum Gasteiger partial charge on any atom is 0.251 e. The summed E-state index contributed by atoms with van der Waals surface area (Å²) in [6.45, 7) is 3.61. The highest BCUT2D eigenvalue weighted by Gasteiger charge is 2.22. The van der Waals surface area contributed by atoms with Gasteiger partial charge in [0, 0.05) is 31.0 Å². The van der Waals surface area contributed by atoms with E-state index in [1.54, 1.807) is 12.1 Å². The molecule has 4 nitrogen and oxygen atoms in total. The molecule has 2 rings (SSSR count). The number of hydrogen-bond donors (Lipinski definition) is 1. The van der Waals surface area contributed by atoms with Gasteiger partial charge in [-0.15, -0.1) is 0 Å². The third kappa shape index (κ3) is 3.43. The van der Waals surface area contributed by atoms with E-state index in [2.05, 4.69) is 10.3 Å². The summed E-state index contributed by atoms with van der Waals surface area (Å²) in [5.41, 5.74) is 0.550. The Morgan fingerprint density at radius 2 is 2.28 bits per heavy atom. The van der Waals surface area contributed by atoms with Crippen molar-refractivity contribution >= 4 is 17.5 Å². The first-order valence-corrected chi connectivity index (χ1v) is 6.55. The molecule has 1 aromatic rings. The third-order valence-electron chi connectivity index (χ3n) is 3.32. The van der Waals surface area contributed by atoms with E-state index < -0.39 is 0 Å². The van der Waals surface area contributed by atoms with Crippen LogP contribution in [0.4, 0.5) is 0 Å². The van der Waals surface area contributed by atoms with Gasteiger partial charge in [-0.1, -0.05) is 11.6 Å². The highest BCUT2D eigenvalue weighted by molar-refractivity contribution is 6.29. The van der Waals surface area contributed by atoms with Crippen molar-refractivity contribution in [1.82, 2.24) is 10.3 Å². The summed E-state index contributed by atoms with van der Waals surface area (Å²) in [7, 11) is 0. The second-order valence-corrected chi connectivity index (χ2v) is 4.97. The zero-order valence-electron chi connectivity index (χ0n) is 10.4. The first-order chi connectivity index (χ1) is 8.66. The number of rotatable bonds is 3. The Balaban J connectivity index is 1.94. The van der Waals surface area contributed by atoms with Crippen LogP contribution in [0.15, 0.2) is 18.3 Å². The summed E-state index contributed by atoms with van der Waals surface area (Å²) in [6.07, 6.45) is 3.54. The molecule has 0 bridgehead atoms. The molecular weight excluding hydrogens is 252 g/mol. The highest BCUT2D eigenvalue weighted by Crippen LogP contribution is 2.19. The SMILES string of the molecule is CC(NC(=O)c1ccnc(Cl)c1)C1CCOCC1. The quantitative estimate of drug-likeness (QED) is 0.856. The van der Waals surface area contributed by atoms with E-state index in [4.69, 9.17) is 16.3 Å². The van der Waals surface area contributed by atoms with Crippen molar-refractivity contribution in [3.63, 3.8) is 0 Å². The summed E-state index contributed by atoms with van der Waals surface area (Å²) in [5, 5.41) is 3.35. The molecule has 2 heterocycles. The molecule has 1 aromatic heterocycles. The normalized spacial score (nSPS) is 18.3. The molecule has 1 amide bonds. The molecule has 98 valence electrons. The Hall–Kier alpha value is -1.13. The minimum absolute atomic E-state index is 0.0988. The second kappa shape index (κ2) is 6.16. The largest absolute Gasteiger partial charge is 0.381 e. The lowest BCUT2D eigenvalue weighted by molar-refractivity contribution is 0.0538. The average molecular weight is 269 g/mol. The summed E-state index contributed by atoms with van der Waals surface area (Å²) in [6, 6.07) is 3.39. The van der Waals surface area contributed by atoms with E-state index >= 15 is 0 Å². The molecule has 1 aliphatic heterocycles. The number of amides is 1. The summed E-state index contributed by atoms with van der Waals surface area (Å²) >= 11 is 5.77. The van der Waals surface area contributed by atoms with Crippen molar-refractivity contribution in [3.8, 4) is 0 Å². The van der Waals surface area contributed by atoms with E-state index in [1.165, 1.54) is 6.20 Å². The monoisotopic (exact) mass is 268 g/mol. The van der Waals surface area contributed by atoms with Crippen molar-refractivity contribution in [1.29, 1.82) is 0 Å². The van der Waals surface area contributed by atoms with Gasteiger partial charge in [-0.25, -0.2) is 4.98 Å². The number of nitrogens with one attached hydrogen (secondary N) is 1. The van der Waals surface area contributed by atoms with Crippen LogP contribution in [0.1, 0.15) is 30.1 Å². The lowest BCUT2D eigenvalue weighted by atomic mass is 9.93. The predicted molar refractivity (Wildman–Crippen MR) is 69.7 cm³/mol. The van der Waals surface area contributed by atoms with E-state index in [9.17, 15) is 4.79 Å². The van der Waals surface area contributed by atoms with Crippen molar-refractivity contribution in [3.05, 3.63) is 29.0 Å². The molecule has 1 atom stereocenters. The Bertz CT molecular complexity index is 419. The maximum absolute atomic E-state index is 12.0. The van der Waals surface area contributed by atoms with Crippen LogP contribution < -0.4 is 5.32 Å². The maximum atomic E-state index is 12.0. The Morgan fingerprint density at radius 3 is 2.94 bits per heavy atom. The van der Waals surface area contributed by atoms with Crippen LogP contribution in [0.3, 0.4) is 0 Å². The van der Waals surface area contributed by atoms with Gasteiger partial charge in [0.25, 0.3) is 5.91 Å². The molecule has 0 aromatic carbocycles. The number of nitrogens with zero attached hydrogens (tertiary/aromatic N) is 1. The average Bonchev–Trinajstić information content (AvgIpc) is 2.39. The minimum Gasteiger partial charge on any atom is -0.381 e. The first kappa shape index (κ1) is 13.3. The smallest absolute Gasteiger partial charge is 0.251 e. The molecular formula is C13H17ClN2O2. The number of ether oxygens (including phenoxy) is 1. The molecule has 0 radical (unpaired) electrons. The predicted octanol–water partition coefficient (Wildman–Crippen LogP) is 2.28. The topological polar surface area (TPSA) is 51.2 Å². The Labute approximate surface area is 112 Å². The molecule has 5 heteroatoms. The highest BCUT2D eigenvalue weighted by atomic mass is 35.5. The fourth-order valence-electron chi connectivity index (χ4n) is 2.17. The zero-order valence-corrected chi connectivity index (χ0v) is 11.1. The first-order valence-electron chi connectivity index (χ1n) is 6.17. The third-order valence-corrected chi connectivity index (χ3v) is 3.53. The van der Waals surface area contributed by atoms with Gasteiger partial charge >= 0.3 is 0 Å². The van der Waals surface area contributed by atoms with Gasteiger partial charge in [-0.3, -0.25) is 4.79 Å². The number of pyridine rings is 1. The summed E-state index contributed by atoms with van der Waals surface area (Å²) in [5.74, 6) is 0.387. The number of halogens is 1. The van der Waals surface area contributed by atoms with Gasteiger partial charge in [0.2, 0.25) is 0 Å². The van der Waals surface area contributed by atoms with Crippen LogP contribution in [0, 0.1) is 5.92 Å². The Kier molecular flexibility index (Phi) is 4.55. The van der Waals surface area contributed by atoms with E-state index in [-0.39, 0.29) is 11.9 Å². The standard InChI is InChI=1S/C13H17ClN2O2/c1-9(10-3-6-18-7-4-10)16-13(17)11-2-5-15-12(14)8-11/h2,5,8-10H,3-4,6-7H2,1H3,(H,16,17). The van der Waals surface area contributed by atoms with Gasteiger partial charge in [-0.2, -0.15) is 0 Å². The van der Waals surface area contributed by atoms with Gasteiger partial charge in [0.15, 0.2) is 0 Å². The molecule has 1 N–H and O–H groups in total. The lowest BCUT2D eigenvalue weighted by Gasteiger charge is -2.28. The molecule has 1 aliphatic rings. The van der Waals surface area contributed by atoms with Crippen molar-refractivity contribution < 1.29 is 9.53 Å². The van der Waals surface area contributed by atoms with E-state index in [0.717, 1.165) is 26.1 Å². The fourth-order valence-corrected chi connectivity index (χ4v) is 2.34. The van der Waals surface area contributed by atoms with Gasteiger partial charge in [0.1, 0.15) is 5.15 Å². The Morgan fingerprint density at radius 1 is 1.56 bits per heavy atom. The molecule has 1 fully saturated rings. The van der Waals surface area contributed by atoms with Crippen LogP contribution in [-0.2, 0) is 4.74 Å². The zero-order chi connectivity index (χ0) is 13.0. The van der Waals surface area contributed by atoms with Gasteiger partial charge in [0.05, 0.1) is 0 Å². The van der Waals surface area contributed by atoms with Crippen molar-refractivity contribution in [2.24, 2.45) is 5.92 Å². The number of carbonyl (C=O) groups is 1. The van der Waals surface area contributed by atoms with Crippen LogP contribution >= 0.6 is 11.6 Å². The molecule has 1 saturated heterocycles. The lowest BCUT2D eigenvalue weighted by Crippen LogP contribution is -2.40. The van der Waals surface area contributed by atoms with Crippen molar-refractivity contribution in [2.75, 3.05) is 13.2 Å².